The minimum Gasteiger partial charge on any atom is -0.305 e. The van der Waals surface area contributed by atoms with Crippen molar-refractivity contribution in [2.45, 2.75) is 6.54 Å². The lowest BCUT2D eigenvalue weighted by atomic mass is 10.2. The molecule has 2 heterocycles. The van der Waals surface area contributed by atoms with Crippen LogP contribution in [0, 0.1) is 0 Å². The van der Waals surface area contributed by atoms with Crippen molar-refractivity contribution < 1.29 is 4.79 Å². The summed E-state index contributed by atoms with van der Waals surface area (Å²) in [6.07, 6.45) is 1.52. The first-order valence-electron chi connectivity index (χ1n) is 7.25. The number of rotatable bonds is 4. The zero-order valence-corrected chi connectivity index (χ0v) is 17.6. The first kappa shape index (κ1) is 20.5. The van der Waals surface area contributed by atoms with Gasteiger partial charge in [0.1, 0.15) is 11.0 Å². The van der Waals surface area contributed by atoms with E-state index in [1.165, 1.54) is 6.20 Å². The van der Waals surface area contributed by atoms with Crippen molar-refractivity contribution in [1.29, 1.82) is 0 Å². The molecule has 2 aromatic heterocycles. The number of pyridine rings is 1. The molecular weight excluding hydrogens is 477 g/mol. The molecule has 11 heteroatoms. The van der Waals surface area contributed by atoms with Gasteiger partial charge in [0.15, 0.2) is 5.69 Å². The third-order valence-corrected chi connectivity index (χ3v) is 5.76. The number of nitrogens with one attached hydrogen (secondary N) is 1. The van der Waals surface area contributed by atoms with Crippen LogP contribution in [-0.2, 0) is 6.54 Å². The maximum absolute atomic E-state index is 12.6. The normalized spacial score (nSPS) is 10.9. The van der Waals surface area contributed by atoms with Crippen molar-refractivity contribution in [3.05, 3.63) is 72.0 Å². The van der Waals surface area contributed by atoms with Gasteiger partial charge in [-0.15, -0.1) is 0 Å². The van der Waals surface area contributed by atoms with Crippen molar-refractivity contribution in [2.75, 3.05) is 5.32 Å². The summed E-state index contributed by atoms with van der Waals surface area (Å²) in [4.78, 5) is 16.5. The highest BCUT2D eigenvalue weighted by Gasteiger charge is 2.21. The van der Waals surface area contributed by atoms with Crippen LogP contribution >= 0.6 is 69.6 Å². The number of benzene rings is 1. The molecule has 1 amide bonds. The van der Waals surface area contributed by atoms with E-state index in [4.69, 9.17) is 69.6 Å². The Morgan fingerprint density at radius 1 is 1.00 bits per heavy atom. The molecule has 1 aromatic carbocycles. The number of carbonyl (C=O) groups is 1. The Balaban J connectivity index is 1.86. The summed E-state index contributed by atoms with van der Waals surface area (Å²) in [5.41, 5.74) is 0.613. The van der Waals surface area contributed by atoms with Crippen molar-refractivity contribution >= 4 is 81.3 Å². The van der Waals surface area contributed by atoms with Gasteiger partial charge in [-0.05, 0) is 17.7 Å². The molecule has 3 rings (SSSR count). The van der Waals surface area contributed by atoms with Crippen LogP contribution in [0.5, 0.6) is 0 Å². The Labute approximate surface area is 184 Å². The van der Waals surface area contributed by atoms with Crippen molar-refractivity contribution in [2.24, 2.45) is 0 Å². The van der Waals surface area contributed by atoms with E-state index in [0.29, 0.717) is 22.4 Å². The summed E-state index contributed by atoms with van der Waals surface area (Å²) < 4.78 is 1.54. The Bertz CT molecular complexity index is 1040. The minimum absolute atomic E-state index is 0.0256. The van der Waals surface area contributed by atoms with Gasteiger partial charge in [0.2, 0.25) is 0 Å². The van der Waals surface area contributed by atoms with Crippen molar-refractivity contribution in [3.63, 3.8) is 0 Å². The second-order valence-electron chi connectivity index (χ2n) is 5.26. The maximum Gasteiger partial charge on any atom is 0.277 e. The fourth-order valence-electron chi connectivity index (χ4n) is 2.19. The lowest BCUT2D eigenvalue weighted by Gasteiger charge is -2.12. The molecule has 1 N–H and O–H groups in total. The Morgan fingerprint density at radius 2 is 1.74 bits per heavy atom. The highest BCUT2D eigenvalue weighted by atomic mass is 35.5. The molecule has 0 aliphatic rings. The molecule has 0 aliphatic carbocycles. The van der Waals surface area contributed by atoms with E-state index in [0.717, 1.165) is 5.56 Å². The highest BCUT2D eigenvalue weighted by molar-refractivity contribution is 6.52. The lowest BCUT2D eigenvalue weighted by Crippen LogP contribution is -2.18. The van der Waals surface area contributed by atoms with Crippen LogP contribution in [0.2, 0.25) is 30.3 Å². The van der Waals surface area contributed by atoms with E-state index in [1.807, 2.05) is 0 Å². The van der Waals surface area contributed by atoms with Gasteiger partial charge in [0.25, 0.3) is 5.91 Å². The third kappa shape index (κ3) is 4.45. The number of aromatic nitrogens is 3. The molecule has 0 bridgehead atoms. The van der Waals surface area contributed by atoms with Crippen molar-refractivity contribution in [1.82, 2.24) is 14.8 Å². The second kappa shape index (κ2) is 8.43. The molecule has 5 nitrogen and oxygen atoms in total. The molecule has 0 atom stereocenters. The third-order valence-electron chi connectivity index (χ3n) is 3.49. The maximum atomic E-state index is 12.6. The molecule has 140 valence electrons. The number of hydrogen-bond donors (Lipinski definition) is 1. The fraction of sp³-hybridized carbons (Fsp3) is 0.0625. The molecule has 0 spiro atoms. The molecule has 0 aliphatic heterocycles. The average Bonchev–Trinajstić information content (AvgIpc) is 3.05. The topological polar surface area (TPSA) is 59.8 Å². The van der Waals surface area contributed by atoms with Gasteiger partial charge in [-0.2, -0.15) is 5.10 Å². The first-order chi connectivity index (χ1) is 12.8. The average molecular weight is 485 g/mol. The summed E-state index contributed by atoms with van der Waals surface area (Å²) in [6.45, 7) is 0.307. The molecule has 3 aromatic rings. The van der Waals surface area contributed by atoms with Gasteiger partial charge in [0, 0.05) is 16.1 Å². The highest BCUT2D eigenvalue weighted by Crippen LogP contribution is 2.36. The van der Waals surface area contributed by atoms with E-state index in [9.17, 15) is 4.79 Å². The summed E-state index contributed by atoms with van der Waals surface area (Å²) >= 11 is 35.9. The molecular formula is C16H8Cl6N4O. The molecule has 27 heavy (non-hydrogen) atoms. The van der Waals surface area contributed by atoms with Gasteiger partial charge < -0.3 is 5.32 Å². The number of carbonyl (C=O) groups excluding carboxylic acids is 1. The Kier molecular flexibility index (Phi) is 6.41. The predicted molar refractivity (Wildman–Crippen MR) is 110 cm³/mol. The zero-order valence-electron chi connectivity index (χ0n) is 13.1. The Hall–Kier alpha value is -1.21. The summed E-state index contributed by atoms with van der Waals surface area (Å²) in [5, 5.41) is 7.54. The summed E-state index contributed by atoms with van der Waals surface area (Å²) in [6, 6.07) is 6.72. The van der Waals surface area contributed by atoms with Gasteiger partial charge in [0.05, 0.1) is 27.8 Å². The van der Waals surface area contributed by atoms with Crippen LogP contribution in [0.25, 0.3) is 0 Å². The molecule has 0 saturated carbocycles. The van der Waals surface area contributed by atoms with Gasteiger partial charge in [-0.25, -0.2) is 9.67 Å². The number of halogens is 6. The van der Waals surface area contributed by atoms with Gasteiger partial charge in [-0.1, -0.05) is 75.7 Å². The number of nitrogens with zero attached hydrogens (tertiary/aromatic N) is 3. The quantitative estimate of drug-likeness (QED) is 0.430. The number of hydrogen-bond acceptors (Lipinski definition) is 3. The van der Waals surface area contributed by atoms with Crippen LogP contribution in [-0.4, -0.2) is 20.7 Å². The summed E-state index contributed by atoms with van der Waals surface area (Å²) in [7, 11) is 0. The fourth-order valence-corrected chi connectivity index (χ4v) is 3.47. The van der Waals surface area contributed by atoms with Crippen molar-refractivity contribution in [3.8, 4) is 0 Å². The van der Waals surface area contributed by atoms with Crippen LogP contribution in [0.1, 0.15) is 16.1 Å². The molecule has 0 radical (unpaired) electrons. The predicted octanol–water partition coefficient (Wildman–Crippen LogP) is 6.50. The lowest BCUT2D eigenvalue weighted by molar-refractivity contribution is 0.102. The first-order valence-corrected chi connectivity index (χ1v) is 9.51. The molecule has 0 saturated heterocycles. The number of anilines is 1. The number of amides is 1. The SMILES string of the molecule is O=C(Nc1ccnn1Cc1ccc(Cl)cc1Cl)c1nc(Cl)c(Cl)c(Cl)c1Cl. The van der Waals surface area contributed by atoms with Crippen LogP contribution in [0.3, 0.4) is 0 Å². The van der Waals surface area contributed by atoms with Crippen LogP contribution < -0.4 is 5.32 Å². The smallest absolute Gasteiger partial charge is 0.277 e. The Morgan fingerprint density at radius 3 is 2.44 bits per heavy atom. The van der Waals surface area contributed by atoms with Crippen LogP contribution in [0.4, 0.5) is 5.82 Å². The van der Waals surface area contributed by atoms with E-state index in [1.54, 1.807) is 28.9 Å². The standard InChI is InChI=1S/C16H8Cl6N4O/c17-8-2-1-7(9(18)5-8)6-26-10(3-4-23-26)24-16(27)14-12(20)11(19)13(21)15(22)25-14/h1-5H,6H2,(H,24,27). The van der Waals surface area contributed by atoms with E-state index >= 15 is 0 Å². The monoisotopic (exact) mass is 482 g/mol. The van der Waals surface area contributed by atoms with Gasteiger partial charge >= 0.3 is 0 Å². The van der Waals surface area contributed by atoms with Gasteiger partial charge in [-0.3, -0.25) is 4.79 Å². The minimum atomic E-state index is -0.621. The largest absolute Gasteiger partial charge is 0.305 e. The molecule has 0 unspecified atom stereocenters. The molecule has 0 fully saturated rings. The summed E-state index contributed by atoms with van der Waals surface area (Å²) in [5.74, 6) is -0.226. The van der Waals surface area contributed by atoms with E-state index in [2.05, 4.69) is 15.4 Å². The van der Waals surface area contributed by atoms with E-state index < -0.39 is 5.91 Å². The van der Waals surface area contributed by atoms with E-state index in [-0.39, 0.29) is 25.9 Å². The van der Waals surface area contributed by atoms with Crippen LogP contribution in [0.15, 0.2) is 30.5 Å². The second-order valence-corrected chi connectivity index (χ2v) is 7.59. The zero-order chi connectivity index (χ0) is 19.7.